The first-order chi connectivity index (χ1) is 10.1. The second-order valence-electron chi connectivity index (χ2n) is 5.59. The fourth-order valence-corrected chi connectivity index (χ4v) is 3.69. The number of carboxylic acids is 1. The van der Waals surface area contributed by atoms with Gasteiger partial charge in [0.05, 0.1) is 11.1 Å². The zero-order valence-electron chi connectivity index (χ0n) is 11.9. The number of nitrogens with zero attached hydrogens (tertiary/aromatic N) is 1. The Hall–Kier alpha value is -1.72. The van der Waals surface area contributed by atoms with Gasteiger partial charge in [0.25, 0.3) is 0 Å². The molecule has 1 heterocycles. The molecule has 0 aliphatic heterocycles. The summed E-state index contributed by atoms with van der Waals surface area (Å²) in [6, 6.07) is 7.10. The van der Waals surface area contributed by atoms with E-state index in [0.717, 1.165) is 29.1 Å². The summed E-state index contributed by atoms with van der Waals surface area (Å²) >= 11 is 1.71. The van der Waals surface area contributed by atoms with E-state index in [1.807, 2.05) is 13.0 Å². The molecule has 1 fully saturated rings. The van der Waals surface area contributed by atoms with Crippen LogP contribution in [0.5, 0.6) is 0 Å². The van der Waals surface area contributed by atoms with E-state index >= 15 is 0 Å². The Balaban J connectivity index is 1.74. The number of aryl methyl sites for hydroxylation is 1. The Morgan fingerprint density at radius 1 is 1.48 bits per heavy atom. The molecular weight excluding hydrogens is 284 g/mol. The second kappa shape index (κ2) is 5.58. The lowest BCUT2D eigenvalue weighted by molar-refractivity contribution is 0.0696. The minimum atomic E-state index is -0.884. The number of carboxylic acid groups (broad SMARTS) is 1. The Labute approximate surface area is 127 Å². The summed E-state index contributed by atoms with van der Waals surface area (Å²) in [5.41, 5.74) is 2.38. The lowest BCUT2D eigenvalue weighted by Gasteiger charge is -2.41. The van der Waals surface area contributed by atoms with Gasteiger partial charge >= 0.3 is 5.97 Å². The molecule has 0 unspecified atom stereocenters. The zero-order chi connectivity index (χ0) is 14.9. The molecule has 4 nitrogen and oxygen atoms in total. The van der Waals surface area contributed by atoms with Crippen molar-refractivity contribution in [1.82, 2.24) is 10.3 Å². The first-order valence-electron chi connectivity index (χ1n) is 7.09. The SMILES string of the molecule is Cc1csc(C2(NCc3cccc(C(=O)O)c3)CCC2)n1. The molecular formula is C16H18N2O2S. The lowest BCUT2D eigenvalue weighted by atomic mass is 9.77. The molecule has 1 aliphatic carbocycles. The third-order valence-electron chi connectivity index (χ3n) is 4.04. The van der Waals surface area contributed by atoms with Crippen LogP contribution in [0.25, 0.3) is 0 Å². The summed E-state index contributed by atoms with van der Waals surface area (Å²) in [5, 5.41) is 15.9. The molecule has 0 radical (unpaired) electrons. The smallest absolute Gasteiger partial charge is 0.335 e. The molecule has 1 aliphatic rings. The van der Waals surface area contributed by atoms with Gasteiger partial charge in [0, 0.05) is 17.6 Å². The number of thiazole rings is 1. The molecule has 5 heteroatoms. The van der Waals surface area contributed by atoms with Crippen LogP contribution in [-0.4, -0.2) is 16.1 Å². The van der Waals surface area contributed by atoms with Crippen molar-refractivity contribution >= 4 is 17.3 Å². The second-order valence-corrected chi connectivity index (χ2v) is 6.45. The maximum Gasteiger partial charge on any atom is 0.335 e. The molecule has 1 aromatic carbocycles. The summed E-state index contributed by atoms with van der Waals surface area (Å²) in [7, 11) is 0. The topological polar surface area (TPSA) is 62.2 Å². The molecule has 0 amide bonds. The molecule has 1 saturated carbocycles. The first-order valence-corrected chi connectivity index (χ1v) is 7.97. The molecule has 3 rings (SSSR count). The van der Waals surface area contributed by atoms with Crippen LogP contribution < -0.4 is 5.32 Å². The number of nitrogens with one attached hydrogen (secondary N) is 1. The maximum absolute atomic E-state index is 11.0. The van der Waals surface area contributed by atoms with Crippen molar-refractivity contribution in [3.05, 3.63) is 51.5 Å². The quantitative estimate of drug-likeness (QED) is 0.889. The van der Waals surface area contributed by atoms with Gasteiger partial charge < -0.3 is 10.4 Å². The van der Waals surface area contributed by atoms with Gasteiger partial charge in [0.1, 0.15) is 5.01 Å². The average Bonchev–Trinajstić information content (AvgIpc) is 2.85. The van der Waals surface area contributed by atoms with Crippen LogP contribution in [0.1, 0.15) is 45.9 Å². The highest BCUT2D eigenvalue weighted by molar-refractivity contribution is 7.09. The Morgan fingerprint density at radius 2 is 2.29 bits per heavy atom. The fourth-order valence-electron chi connectivity index (χ4n) is 2.66. The minimum Gasteiger partial charge on any atom is -0.478 e. The Kier molecular flexibility index (Phi) is 3.78. The van der Waals surface area contributed by atoms with Gasteiger partial charge in [-0.15, -0.1) is 11.3 Å². The lowest BCUT2D eigenvalue weighted by Crippen LogP contribution is -2.47. The number of benzene rings is 1. The molecule has 1 aromatic heterocycles. The summed E-state index contributed by atoms with van der Waals surface area (Å²) < 4.78 is 0. The average molecular weight is 302 g/mol. The number of carbonyl (C=O) groups is 1. The van der Waals surface area contributed by atoms with E-state index in [4.69, 9.17) is 5.11 Å². The minimum absolute atomic E-state index is 0.0157. The molecule has 21 heavy (non-hydrogen) atoms. The number of rotatable bonds is 5. The highest BCUT2D eigenvalue weighted by atomic mass is 32.1. The van der Waals surface area contributed by atoms with Crippen molar-refractivity contribution in [2.24, 2.45) is 0 Å². The first kappa shape index (κ1) is 14.2. The molecule has 0 spiro atoms. The Bertz CT molecular complexity index is 662. The van der Waals surface area contributed by atoms with Gasteiger partial charge in [-0.1, -0.05) is 12.1 Å². The monoisotopic (exact) mass is 302 g/mol. The van der Waals surface area contributed by atoms with Gasteiger partial charge in [-0.05, 0) is 43.9 Å². The molecule has 0 bridgehead atoms. The van der Waals surface area contributed by atoms with Gasteiger partial charge in [-0.25, -0.2) is 9.78 Å². The summed E-state index contributed by atoms with van der Waals surface area (Å²) in [6.07, 6.45) is 3.40. The summed E-state index contributed by atoms with van der Waals surface area (Å²) in [4.78, 5) is 15.6. The fraction of sp³-hybridized carbons (Fsp3) is 0.375. The van der Waals surface area contributed by atoms with Crippen LogP contribution in [0.4, 0.5) is 0 Å². The Morgan fingerprint density at radius 3 is 2.86 bits per heavy atom. The zero-order valence-corrected chi connectivity index (χ0v) is 12.7. The predicted octanol–water partition coefficient (Wildman–Crippen LogP) is 3.32. The number of aromatic nitrogens is 1. The highest BCUT2D eigenvalue weighted by Gasteiger charge is 2.40. The van der Waals surface area contributed by atoms with Crippen molar-refractivity contribution in [2.45, 2.75) is 38.3 Å². The van der Waals surface area contributed by atoms with E-state index in [1.165, 1.54) is 6.42 Å². The molecule has 0 atom stereocenters. The number of hydrogen-bond acceptors (Lipinski definition) is 4. The van der Waals surface area contributed by atoms with Crippen LogP contribution in [0.15, 0.2) is 29.6 Å². The van der Waals surface area contributed by atoms with Crippen LogP contribution in [0.3, 0.4) is 0 Å². The van der Waals surface area contributed by atoms with Gasteiger partial charge in [-0.3, -0.25) is 0 Å². The molecule has 110 valence electrons. The van der Waals surface area contributed by atoms with E-state index in [2.05, 4.69) is 15.7 Å². The number of hydrogen-bond donors (Lipinski definition) is 2. The van der Waals surface area contributed by atoms with Crippen molar-refractivity contribution in [3.63, 3.8) is 0 Å². The molecule has 2 aromatic rings. The van der Waals surface area contributed by atoms with Crippen molar-refractivity contribution in [1.29, 1.82) is 0 Å². The summed E-state index contributed by atoms with van der Waals surface area (Å²) in [6.45, 7) is 2.68. The van der Waals surface area contributed by atoms with Crippen molar-refractivity contribution in [3.8, 4) is 0 Å². The predicted molar refractivity (Wildman–Crippen MR) is 82.6 cm³/mol. The third kappa shape index (κ3) is 2.84. The van der Waals surface area contributed by atoms with Gasteiger partial charge in [0.15, 0.2) is 0 Å². The molecule has 0 saturated heterocycles. The van der Waals surface area contributed by atoms with Crippen LogP contribution >= 0.6 is 11.3 Å². The van der Waals surface area contributed by atoms with Crippen molar-refractivity contribution in [2.75, 3.05) is 0 Å². The van der Waals surface area contributed by atoms with E-state index in [9.17, 15) is 4.79 Å². The largest absolute Gasteiger partial charge is 0.478 e. The van der Waals surface area contributed by atoms with Crippen LogP contribution in [0.2, 0.25) is 0 Å². The van der Waals surface area contributed by atoms with E-state index in [-0.39, 0.29) is 5.54 Å². The highest BCUT2D eigenvalue weighted by Crippen LogP contribution is 2.42. The van der Waals surface area contributed by atoms with E-state index < -0.39 is 5.97 Å². The summed E-state index contributed by atoms with van der Waals surface area (Å²) in [5.74, 6) is -0.884. The standard InChI is InChI=1S/C16H18N2O2S/c1-11-10-21-15(18-11)16(6-3-7-16)17-9-12-4-2-5-13(8-12)14(19)20/h2,4-5,8,10,17H,3,6-7,9H2,1H3,(H,19,20). The molecule has 2 N–H and O–H groups in total. The van der Waals surface area contributed by atoms with Crippen LogP contribution in [-0.2, 0) is 12.1 Å². The number of aromatic carboxylic acids is 1. The van der Waals surface area contributed by atoms with Gasteiger partial charge in [0.2, 0.25) is 0 Å². The van der Waals surface area contributed by atoms with Crippen molar-refractivity contribution < 1.29 is 9.90 Å². The van der Waals surface area contributed by atoms with Crippen LogP contribution in [0, 0.1) is 6.92 Å². The normalized spacial score (nSPS) is 16.4. The third-order valence-corrected chi connectivity index (χ3v) is 5.20. The van der Waals surface area contributed by atoms with E-state index in [1.54, 1.807) is 29.5 Å². The van der Waals surface area contributed by atoms with E-state index in [0.29, 0.717) is 12.1 Å². The maximum atomic E-state index is 11.0. The van der Waals surface area contributed by atoms with Gasteiger partial charge in [-0.2, -0.15) is 0 Å².